The van der Waals surface area contributed by atoms with Crippen molar-refractivity contribution in [1.82, 2.24) is 4.98 Å². The van der Waals surface area contributed by atoms with Crippen LogP contribution in [0, 0.1) is 13.8 Å². The lowest BCUT2D eigenvalue weighted by Gasteiger charge is -2.02. The second-order valence-electron chi connectivity index (χ2n) is 3.94. The molecule has 0 N–H and O–H groups in total. The average Bonchev–Trinajstić information content (AvgIpc) is 2.62. The summed E-state index contributed by atoms with van der Waals surface area (Å²) in [7, 11) is 0. The van der Waals surface area contributed by atoms with E-state index in [1.54, 1.807) is 0 Å². The van der Waals surface area contributed by atoms with Gasteiger partial charge < -0.3 is 0 Å². The van der Waals surface area contributed by atoms with Crippen molar-refractivity contribution in [3.05, 3.63) is 50.4 Å². The van der Waals surface area contributed by atoms with Crippen LogP contribution in [0.2, 0.25) is 4.34 Å². The molecule has 0 radical (unpaired) electrons. The number of ketones is 1. The molecule has 2 heterocycles. The van der Waals surface area contributed by atoms with Gasteiger partial charge in [-0.2, -0.15) is 0 Å². The van der Waals surface area contributed by atoms with Gasteiger partial charge in [0, 0.05) is 28.2 Å². The molecule has 0 saturated heterocycles. The predicted octanol–water partition coefficient (Wildman–Crippen LogP) is 3.84. The van der Waals surface area contributed by atoms with Gasteiger partial charge in [0.2, 0.25) is 0 Å². The predicted molar refractivity (Wildman–Crippen MR) is 71.1 cm³/mol. The van der Waals surface area contributed by atoms with E-state index in [9.17, 15) is 4.79 Å². The monoisotopic (exact) mass is 265 g/mol. The molecule has 0 aliphatic rings. The van der Waals surface area contributed by atoms with Crippen LogP contribution in [0.25, 0.3) is 0 Å². The highest BCUT2D eigenvalue weighted by Crippen LogP contribution is 2.22. The van der Waals surface area contributed by atoms with Gasteiger partial charge >= 0.3 is 0 Å². The summed E-state index contributed by atoms with van der Waals surface area (Å²) in [6.07, 6.45) is 0.403. The topological polar surface area (TPSA) is 30.0 Å². The average molecular weight is 266 g/mol. The molecule has 0 atom stereocenters. The van der Waals surface area contributed by atoms with Crippen LogP contribution in [0.1, 0.15) is 26.6 Å². The van der Waals surface area contributed by atoms with Crippen molar-refractivity contribution in [3.63, 3.8) is 0 Å². The van der Waals surface area contributed by atoms with Crippen molar-refractivity contribution in [1.29, 1.82) is 0 Å². The summed E-state index contributed by atoms with van der Waals surface area (Å²) in [5.74, 6) is 0.108. The second kappa shape index (κ2) is 4.98. The number of nitrogens with zero attached hydrogens (tertiary/aromatic N) is 1. The lowest BCUT2D eigenvalue weighted by atomic mass is 10.1. The largest absolute Gasteiger partial charge is 0.294 e. The first kappa shape index (κ1) is 12.3. The molecule has 0 unspecified atom stereocenters. The zero-order valence-corrected chi connectivity index (χ0v) is 11.2. The number of carbonyl (C=O) groups excluding carboxylic acids is 1. The Labute approximate surface area is 109 Å². The van der Waals surface area contributed by atoms with E-state index < -0.39 is 0 Å². The third-order valence-corrected chi connectivity index (χ3v) is 3.60. The maximum Gasteiger partial charge on any atom is 0.168 e. The van der Waals surface area contributed by atoms with E-state index in [-0.39, 0.29) is 5.78 Å². The number of hydrogen-bond donors (Lipinski definition) is 0. The van der Waals surface area contributed by atoms with Gasteiger partial charge in [0.25, 0.3) is 0 Å². The highest BCUT2D eigenvalue weighted by molar-refractivity contribution is 7.16. The maximum atomic E-state index is 12.1. The molecule has 2 aromatic rings. The Morgan fingerprint density at radius 1 is 1.29 bits per heavy atom. The quantitative estimate of drug-likeness (QED) is 0.790. The fourth-order valence-electron chi connectivity index (χ4n) is 1.70. The Kier molecular flexibility index (Phi) is 3.60. The molecule has 17 heavy (non-hydrogen) atoms. The van der Waals surface area contributed by atoms with Gasteiger partial charge in [0.1, 0.15) is 0 Å². The molecular weight excluding hydrogens is 254 g/mol. The molecule has 0 aromatic carbocycles. The Bertz CT molecular complexity index is 542. The van der Waals surface area contributed by atoms with Crippen LogP contribution in [0.15, 0.2) is 24.3 Å². The zero-order valence-electron chi connectivity index (χ0n) is 9.66. The summed E-state index contributed by atoms with van der Waals surface area (Å²) in [4.78, 5) is 17.3. The minimum Gasteiger partial charge on any atom is -0.294 e. The van der Waals surface area contributed by atoms with Crippen LogP contribution in [-0.4, -0.2) is 10.8 Å². The molecule has 0 aliphatic heterocycles. The van der Waals surface area contributed by atoms with E-state index in [0.29, 0.717) is 6.42 Å². The van der Waals surface area contributed by atoms with E-state index in [1.807, 2.05) is 38.1 Å². The number of Topliss-reactive ketones (excluding diaryl/α,β-unsaturated/α-hetero) is 1. The number of carbonyl (C=O) groups is 1. The number of aryl methyl sites for hydroxylation is 2. The highest BCUT2D eigenvalue weighted by atomic mass is 35.5. The van der Waals surface area contributed by atoms with Crippen LogP contribution < -0.4 is 0 Å². The summed E-state index contributed by atoms with van der Waals surface area (Å²) in [6, 6.07) is 7.36. The number of aromatic nitrogens is 1. The summed E-state index contributed by atoms with van der Waals surface area (Å²) in [6.45, 7) is 3.79. The normalized spacial score (nSPS) is 10.5. The fourth-order valence-corrected chi connectivity index (χ4v) is 2.79. The highest BCUT2D eigenvalue weighted by Gasteiger charge is 2.10. The third-order valence-electron chi connectivity index (χ3n) is 2.37. The number of rotatable bonds is 3. The van der Waals surface area contributed by atoms with Gasteiger partial charge in [-0.15, -0.1) is 11.3 Å². The summed E-state index contributed by atoms with van der Waals surface area (Å²) in [5, 5.41) is 0. The Hall–Kier alpha value is -1.19. The van der Waals surface area contributed by atoms with Gasteiger partial charge in [-0.25, -0.2) is 0 Å². The van der Waals surface area contributed by atoms with Crippen molar-refractivity contribution in [2.45, 2.75) is 20.3 Å². The van der Waals surface area contributed by atoms with E-state index in [1.165, 1.54) is 11.3 Å². The minimum atomic E-state index is 0.108. The van der Waals surface area contributed by atoms with Crippen LogP contribution >= 0.6 is 22.9 Å². The van der Waals surface area contributed by atoms with Crippen LogP contribution in [0.5, 0.6) is 0 Å². The van der Waals surface area contributed by atoms with E-state index in [0.717, 1.165) is 26.2 Å². The van der Waals surface area contributed by atoms with Crippen molar-refractivity contribution in [2.75, 3.05) is 0 Å². The van der Waals surface area contributed by atoms with Crippen molar-refractivity contribution in [2.24, 2.45) is 0 Å². The molecule has 0 fully saturated rings. The van der Waals surface area contributed by atoms with Gasteiger partial charge in [-0.05, 0) is 38.1 Å². The van der Waals surface area contributed by atoms with Crippen LogP contribution in [0.3, 0.4) is 0 Å². The fraction of sp³-hybridized carbons (Fsp3) is 0.231. The molecule has 2 rings (SSSR count). The summed E-state index contributed by atoms with van der Waals surface area (Å²) in [5.41, 5.74) is 2.47. The second-order valence-corrected chi connectivity index (χ2v) is 5.74. The van der Waals surface area contributed by atoms with Crippen LogP contribution in [-0.2, 0) is 6.42 Å². The first-order chi connectivity index (χ1) is 8.04. The molecule has 2 nitrogen and oxygen atoms in total. The molecule has 4 heteroatoms. The summed E-state index contributed by atoms with van der Waals surface area (Å²) >= 11 is 7.29. The summed E-state index contributed by atoms with van der Waals surface area (Å²) < 4.78 is 0.717. The molecule has 88 valence electrons. The molecule has 2 aromatic heterocycles. The van der Waals surface area contributed by atoms with E-state index in [2.05, 4.69) is 4.98 Å². The van der Waals surface area contributed by atoms with Gasteiger partial charge in [-0.1, -0.05) is 11.6 Å². The molecular formula is C13H12ClNOS. The SMILES string of the molecule is Cc1cc(C(=O)Cc2ccc(Cl)s2)cc(C)n1. The van der Waals surface area contributed by atoms with Gasteiger partial charge in [0.05, 0.1) is 4.34 Å². The minimum absolute atomic E-state index is 0.108. The molecule has 0 saturated carbocycles. The van der Waals surface area contributed by atoms with Crippen molar-refractivity contribution < 1.29 is 4.79 Å². The Morgan fingerprint density at radius 2 is 1.94 bits per heavy atom. The smallest absolute Gasteiger partial charge is 0.168 e. The van der Waals surface area contributed by atoms with Crippen molar-refractivity contribution >= 4 is 28.7 Å². The van der Waals surface area contributed by atoms with Gasteiger partial charge in [-0.3, -0.25) is 9.78 Å². The maximum absolute atomic E-state index is 12.1. The van der Waals surface area contributed by atoms with Crippen molar-refractivity contribution in [3.8, 4) is 0 Å². The lowest BCUT2D eigenvalue weighted by Crippen LogP contribution is -2.04. The van der Waals surface area contributed by atoms with Gasteiger partial charge in [0.15, 0.2) is 5.78 Å². The number of halogens is 1. The van der Waals surface area contributed by atoms with Crippen LogP contribution in [0.4, 0.5) is 0 Å². The molecule has 0 bridgehead atoms. The Balaban J connectivity index is 2.19. The zero-order chi connectivity index (χ0) is 12.4. The van der Waals surface area contributed by atoms with E-state index >= 15 is 0 Å². The molecule has 0 spiro atoms. The number of hydrogen-bond acceptors (Lipinski definition) is 3. The van der Waals surface area contributed by atoms with E-state index in [4.69, 9.17) is 11.6 Å². The first-order valence-corrected chi connectivity index (χ1v) is 6.47. The lowest BCUT2D eigenvalue weighted by molar-refractivity contribution is 0.0993. The first-order valence-electron chi connectivity index (χ1n) is 5.27. The standard InChI is InChI=1S/C13H12ClNOS/c1-8-5-10(6-9(2)15-8)12(16)7-11-3-4-13(14)17-11/h3-6H,7H2,1-2H3. The molecule has 0 aliphatic carbocycles. The third kappa shape index (κ3) is 3.14. The number of thiophene rings is 1. The molecule has 0 amide bonds. The number of pyridine rings is 1. The Morgan fingerprint density at radius 3 is 2.47 bits per heavy atom.